The van der Waals surface area contributed by atoms with Gasteiger partial charge in [-0.3, -0.25) is 4.79 Å². The summed E-state index contributed by atoms with van der Waals surface area (Å²) in [6, 6.07) is 4.79. The van der Waals surface area contributed by atoms with Crippen molar-refractivity contribution in [1.29, 1.82) is 0 Å². The van der Waals surface area contributed by atoms with E-state index in [-0.39, 0.29) is 11.6 Å². The predicted octanol–water partition coefficient (Wildman–Crippen LogP) is 10.5. The van der Waals surface area contributed by atoms with Gasteiger partial charge in [-0.15, -0.1) is 0 Å². The van der Waals surface area contributed by atoms with Crippen LogP contribution in [-0.2, 0) is 11.0 Å². The lowest BCUT2D eigenvalue weighted by molar-refractivity contribution is -0.137. The highest BCUT2D eigenvalue weighted by molar-refractivity contribution is 5.90. The molecule has 0 saturated heterocycles. The minimum atomic E-state index is -4.40. The Kier molecular flexibility index (Phi) is 17.7. The molecule has 0 spiro atoms. The Morgan fingerprint density at radius 1 is 0.676 bits per heavy atom. The standard InChI is InChI=1S/C29H48F3NO/c1-2-3-4-5-6-7-8-9-10-11-12-13-14-15-16-17-18-19-20-24-28(34)33-27-23-21-22-26(25-27)29(30,31)32/h21-23,25H,2-20,24H2,1H3,(H,33,34). The van der Waals surface area contributed by atoms with Gasteiger partial charge in [-0.25, -0.2) is 0 Å². The molecule has 5 heteroatoms. The van der Waals surface area contributed by atoms with Crippen LogP contribution in [0.25, 0.3) is 0 Å². The molecule has 1 N–H and O–H groups in total. The van der Waals surface area contributed by atoms with Crippen LogP contribution in [0, 0.1) is 0 Å². The number of halogens is 3. The molecule has 0 aliphatic rings. The number of anilines is 1. The Labute approximate surface area is 206 Å². The van der Waals surface area contributed by atoms with Crippen LogP contribution in [0.3, 0.4) is 0 Å². The SMILES string of the molecule is CCCCCCCCCCCCCCCCCCCCCC(=O)Nc1cccc(C(F)(F)F)c1. The molecule has 196 valence electrons. The Hall–Kier alpha value is -1.52. The molecule has 0 heterocycles. The minimum Gasteiger partial charge on any atom is -0.326 e. The first-order valence-corrected chi connectivity index (χ1v) is 13.9. The number of rotatable bonds is 21. The van der Waals surface area contributed by atoms with Crippen LogP contribution in [0.4, 0.5) is 18.9 Å². The maximum Gasteiger partial charge on any atom is 0.416 e. The summed E-state index contributed by atoms with van der Waals surface area (Å²) in [5.74, 6) is -0.216. The van der Waals surface area contributed by atoms with Gasteiger partial charge < -0.3 is 5.32 Å². The molecule has 1 aromatic rings. The molecule has 1 amide bonds. The Morgan fingerprint density at radius 3 is 1.50 bits per heavy atom. The van der Waals surface area contributed by atoms with Crippen LogP contribution < -0.4 is 5.32 Å². The van der Waals surface area contributed by atoms with Crippen molar-refractivity contribution in [3.05, 3.63) is 29.8 Å². The normalized spacial score (nSPS) is 11.6. The molecule has 1 rings (SSSR count). The highest BCUT2D eigenvalue weighted by atomic mass is 19.4. The van der Waals surface area contributed by atoms with Gasteiger partial charge in [0, 0.05) is 12.1 Å². The molecular weight excluding hydrogens is 435 g/mol. The zero-order chi connectivity index (χ0) is 24.9. The first-order valence-electron chi connectivity index (χ1n) is 13.9. The smallest absolute Gasteiger partial charge is 0.326 e. The van der Waals surface area contributed by atoms with Crippen LogP contribution in [-0.4, -0.2) is 5.91 Å². The van der Waals surface area contributed by atoms with Crippen molar-refractivity contribution in [2.24, 2.45) is 0 Å². The zero-order valence-electron chi connectivity index (χ0n) is 21.5. The summed E-state index contributed by atoms with van der Waals surface area (Å²) in [7, 11) is 0. The summed E-state index contributed by atoms with van der Waals surface area (Å²) in [6.07, 6.45) is 20.7. The lowest BCUT2D eigenvalue weighted by Crippen LogP contribution is -2.12. The molecule has 0 unspecified atom stereocenters. The highest BCUT2D eigenvalue weighted by Crippen LogP contribution is 2.30. The molecule has 1 aromatic carbocycles. The summed E-state index contributed by atoms with van der Waals surface area (Å²) in [6.45, 7) is 2.27. The van der Waals surface area contributed by atoms with Crippen molar-refractivity contribution in [3.8, 4) is 0 Å². The van der Waals surface area contributed by atoms with Gasteiger partial charge >= 0.3 is 6.18 Å². The summed E-state index contributed by atoms with van der Waals surface area (Å²) >= 11 is 0. The van der Waals surface area contributed by atoms with Gasteiger partial charge in [-0.05, 0) is 24.6 Å². The fourth-order valence-corrected chi connectivity index (χ4v) is 4.36. The summed E-state index contributed by atoms with van der Waals surface area (Å²) in [5.41, 5.74) is -0.536. The van der Waals surface area contributed by atoms with E-state index in [9.17, 15) is 18.0 Å². The van der Waals surface area contributed by atoms with Gasteiger partial charge in [0.1, 0.15) is 0 Å². The summed E-state index contributed by atoms with van der Waals surface area (Å²) in [5, 5.41) is 2.57. The average Bonchev–Trinajstić information content (AvgIpc) is 2.80. The summed E-state index contributed by atoms with van der Waals surface area (Å²) < 4.78 is 38.2. The van der Waals surface area contributed by atoms with E-state index in [4.69, 9.17) is 0 Å². The van der Waals surface area contributed by atoms with E-state index in [1.54, 1.807) is 0 Å². The van der Waals surface area contributed by atoms with Gasteiger partial charge in [0.05, 0.1) is 5.56 Å². The van der Waals surface area contributed by atoms with Gasteiger partial charge in [0.2, 0.25) is 5.91 Å². The van der Waals surface area contributed by atoms with Crippen LogP contribution in [0.15, 0.2) is 24.3 Å². The third-order valence-corrected chi connectivity index (χ3v) is 6.48. The van der Waals surface area contributed by atoms with Gasteiger partial charge in [-0.1, -0.05) is 129 Å². The van der Waals surface area contributed by atoms with E-state index in [1.165, 1.54) is 115 Å². The number of benzene rings is 1. The number of hydrogen-bond acceptors (Lipinski definition) is 1. The van der Waals surface area contributed by atoms with E-state index < -0.39 is 11.7 Å². The average molecular weight is 484 g/mol. The second-order valence-electron chi connectivity index (χ2n) is 9.74. The largest absolute Gasteiger partial charge is 0.416 e. The Morgan fingerprint density at radius 2 is 1.09 bits per heavy atom. The van der Waals surface area contributed by atoms with Crippen LogP contribution in [0.2, 0.25) is 0 Å². The number of alkyl halides is 3. The molecule has 0 atom stereocenters. The Balaban J connectivity index is 1.85. The fourth-order valence-electron chi connectivity index (χ4n) is 4.36. The second kappa shape index (κ2) is 19.8. The topological polar surface area (TPSA) is 29.1 Å². The van der Waals surface area contributed by atoms with Crippen LogP contribution in [0.5, 0.6) is 0 Å². The number of amides is 1. The highest BCUT2D eigenvalue weighted by Gasteiger charge is 2.30. The third kappa shape index (κ3) is 17.0. The number of carbonyl (C=O) groups excluding carboxylic acids is 1. The van der Waals surface area contributed by atoms with Crippen molar-refractivity contribution in [1.82, 2.24) is 0 Å². The molecule has 2 nitrogen and oxygen atoms in total. The first kappa shape index (κ1) is 30.5. The van der Waals surface area contributed by atoms with E-state index in [1.807, 2.05) is 0 Å². The zero-order valence-corrected chi connectivity index (χ0v) is 21.5. The monoisotopic (exact) mass is 483 g/mol. The molecule has 0 aliphatic carbocycles. The maximum absolute atomic E-state index is 12.7. The van der Waals surface area contributed by atoms with Gasteiger partial charge in [-0.2, -0.15) is 13.2 Å². The minimum absolute atomic E-state index is 0.206. The molecule has 0 saturated carbocycles. The van der Waals surface area contributed by atoms with Gasteiger partial charge in [0.15, 0.2) is 0 Å². The lowest BCUT2D eigenvalue weighted by Gasteiger charge is -2.10. The van der Waals surface area contributed by atoms with Crippen molar-refractivity contribution in [3.63, 3.8) is 0 Å². The lowest BCUT2D eigenvalue weighted by atomic mass is 10.0. The predicted molar refractivity (Wildman–Crippen MR) is 138 cm³/mol. The molecule has 0 aliphatic heterocycles. The third-order valence-electron chi connectivity index (χ3n) is 6.48. The number of unbranched alkanes of at least 4 members (excludes halogenated alkanes) is 18. The van der Waals surface area contributed by atoms with Gasteiger partial charge in [0.25, 0.3) is 0 Å². The molecular formula is C29H48F3NO. The van der Waals surface area contributed by atoms with Crippen molar-refractivity contribution in [2.75, 3.05) is 5.32 Å². The number of hydrogen-bond donors (Lipinski definition) is 1. The number of carbonyl (C=O) groups is 1. The Bertz CT molecular complexity index is 630. The van der Waals surface area contributed by atoms with Crippen molar-refractivity contribution < 1.29 is 18.0 Å². The molecule has 0 fully saturated rings. The number of nitrogens with one attached hydrogen (secondary N) is 1. The van der Waals surface area contributed by atoms with E-state index in [0.717, 1.165) is 31.4 Å². The second-order valence-corrected chi connectivity index (χ2v) is 9.74. The van der Waals surface area contributed by atoms with E-state index in [2.05, 4.69) is 12.2 Å². The fraction of sp³-hybridized carbons (Fsp3) is 0.759. The van der Waals surface area contributed by atoms with E-state index >= 15 is 0 Å². The molecule has 0 radical (unpaired) electrons. The quantitative estimate of drug-likeness (QED) is 0.173. The molecule has 34 heavy (non-hydrogen) atoms. The van der Waals surface area contributed by atoms with Crippen molar-refractivity contribution >= 4 is 11.6 Å². The van der Waals surface area contributed by atoms with Crippen LogP contribution in [0.1, 0.15) is 141 Å². The maximum atomic E-state index is 12.7. The molecule has 0 bridgehead atoms. The first-order chi connectivity index (χ1) is 16.4. The van der Waals surface area contributed by atoms with E-state index in [0.29, 0.717) is 6.42 Å². The van der Waals surface area contributed by atoms with Crippen LogP contribution >= 0.6 is 0 Å². The van der Waals surface area contributed by atoms with Crippen molar-refractivity contribution in [2.45, 2.75) is 142 Å². The molecule has 0 aromatic heterocycles. The summed E-state index contributed by atoms with van der Waals surface area (Å²) in [4.78, 5) is 12.0.